The molecule has 3 aliphatic carbocycles. The van der Waals surface area contributed by atoms with Crippen LogP contribution in [0.5, 0.6) is 0 Å². The van der Waals surface area contributed by atoms with Gasteiger partial charge in [-0.25, -0.2) is 9.59 Å². The second-order valence-electron chi connectivity index (χ2n) is 14.1. The number of hydrogen-bond acceptors (Lipinski definition) is 12. The Balaban J connectivity index is 1.57. The molecule has 2 saturated carbocycles. The molecule has 0 unspecified atom stereocenters. The van der Waals surface area contributed by atoms with Crippen LogP contribution in [-0.4, -0.2) is 96.6 Å². The average Bonchev–Trinajstić information content (AvgIpc) is 3.30. The summed E-state index contributed by atoms with van der Waals surface area (Å²) in [6, 6.07) is 0. The van der Waals surface area contributed by atoms with Crippen molar-refractivity contribution in [2.45, 2.75) is 112 Å². The predicted molar refractivity (Wildman–Crippen MR) is 134 cm³/mol. The molecule has 6 fully saturated rings. The number of carbonyl (C=O) groups is 3. The van der Waals surface area contributed by atoms with Crippen molar-refractivity contribution in [2.24, 2.45) is 28.6 Å². The maximum absolute atomic E-state index is 13.7. The third-order valence-electron chi connectivity index (χ3n) is 12.8. The van der Waals surface area contributed by atoms with Gasteiger partial charge in [0.2, 0.25) is 11.6 Å². The van der Waals surface area contributed by atoms with Crippen molar-refractivity contribution in [1.29, 1.82) is 0 Å². The summed E-state index contributed by atoms with van der Waals surface area (Å²) in [5.74, 6) is -11.7. The first-order valence-electron chi connectivity index (χ1n) is 14.4. The Morgan fingerprint density at radius 1 is 1.02 bits per heavy atom. The molecule has 0 amide bonds. The number of allylic oxidation sites excluding steroid dienone is 1. The molecule has 4 aliphatic heterocycles. The van der Waals surface area contributed by atoms with Crippen molar-refractivity contribution in [2.75, 3.05) is 7.11 Å². The number of ketones is 1. The van der Waals surface area contributed by atoms with Crippen LogP contribution in [-0.2, 0) is 33.3 Å². The summed E-state index contributed by atoms with van der Waals surface area (Å²) in [6.45, 7) is 6.00. The van der Waals surface area contributed by atoms with Crippen molar-refractivity contribution in [1.82, 2.24) is 0 Å². The van der Waals surface area contributed by atoms with Gasteiger partial charge in [-0.1, -0.05) is 18.6 Å². The van der Waals surface area contributed by atoms with Gasteiger partial charge >= 0.3 is 11.9 Å². The van der Waals surface area contributed by atoms with Crippen LogP contribution in [0.3, 0.4) is 0 Å². The van der Waals surface area contributed by atoms with Gasteiger partial charge in [-0.15, -0.1) is 0 Å². The van der Waals surface area contributed by atoms with Gasteiger partial charge in [-0.2, -0.15) is 0 Å². The molecule has 2 bridgehead atoms. The van der Waals surface area contributed by atoms with Crippen molar-refractivity contribution < 1.29 is 58.9 Å². The second-order valence-corrected chi connectivity index (χ2v) is 14.1. The molecule has 41 heavy (non-hydrogen) atoms. The maximum atomic E-state index is 13.7. The first-order chi connectivity index (χ1) is 18.9. The van der Waals surface area contributed by atoms with Gasteiger partial charge in [-0.3, -0.25) is 4.79 Å². The SMILES string of the molecule is COC(=O)[C@@]1(C)O[C@@]2(O)[C@@H]3[C@@]45O[C@]2(O)[C@@H]2[C@H](O)C=C6CCCC(=O)[C@]6(C)[C@H]2CC[C@@]4(O)C(=O)O[C@@]5(C)[C@H](O)C[C@@]31C. The number of hydrogen-bond donors (Lipinski definition) is 5. The number of Topliss-reactive ketones (excluding diaryl/α,β-unsaturated/α-hetero) is 1. The zero-order valence-electron chi connectivity index (χ0n) is 23.8. The predicted octanol–water partition coefficient (Wildman–Crippen LogP) is -0.385. The Kier molecular flexibility index (Phi) is 5.03. The van der Waals surface area contributed by atoms with E-state index >= 15 is 0 Å². The lowest BCUT2D eigenvalue weighted by atomic mass is 9.47. The van der Waals surface area contributed by atoms with Crippen LogP contribution in [0.25, 0.3) is 0 Å². The minimum Gasteiger partial charge on any atom is -0.467 e. The number of rotatable bonds is 1. The summed E-state index contributed by atoms with van der Waals surface area (Å²) >= 11 is 0. The molecule has 7 rings (SSSR count). The smallest absolute Gasteiger partial charge is 0.342 e. The molecule has 226 valence electrons. The number of aliphatic hydroxyl groups is 5. The minimum atomic E-state index is -2.88. The number of methoxy groups -OCH3 is 1. The molecule has 5 N–H and O–H groups in total. The molecule has 7 aliphatic rings. The normalized spacial score (nSPS) is 60.2. The summed E-state index contributed by atoms with van der Waals surface area (Å²) in [7, 11) is 1.13. The molecule has 12 nitrogen and oxygen atoms in total. The molecule has 4 saturated heterocycles. The van der Waals surface area contributed by atoms with Gasteiger partial charge in [0.15, 0.2) is 22.4 Å². The Labute approximate surface area is 236 Å². The fraction of sp³-hybridized carbons (Fsp3) is 0.828. The molecule has 0 aromatic rings. The van der Waals surface area contributed by atoms with E-state index in [9.17, 15) is 39.9 Å². The molecular weight excluding hydrogens is 540 g/mol. The molecular formula is C29H38O12. The third kappa shape index (κ3) is 2.45. The van der Waals surface area contributed by atoms with E-state index in [0.29, 0.717) is 18.4 Å². The quantitative estimate of drug-likeness (QED) is 0.201. The largest absolute Gasteiger partial charge is 0.467 e. The topological polar surface area (TPSA) is 189 Å². The Morgan fingerprint density at radius 2 is 1.71 bits per heavy atom. The van der Waals surface area contributed by atoms with Gasteiger partial charge in [0.25, 0.3) is 0 Å². The second kappa shape index (κ2) is 7.40. The summed E-state index contributed by atoms with van der Waals surface area (Å²) in [5, 5.41) is 61.3. The Hall–Kier alpha value is -1.93. The zero-order chi connectivity index (χ0) is 30.0. The lowest BCUT2D eigenvalue weighted by Gasteiger charge is -2.60. The first-order valence-corrected chi connectivity index (χ1v) is 14.4. The van der Waals surface area contributed by atoms with Gasteiger partial charge in [-0.05, 0) is 58.8 Å². The highest BCUT2D eigenvalue weighted by molar-refractivity contribution is 5.90. The number of esters is 2. The van der Waals surface area contributed by atoms with E-state index in [1.165, 1.54) is 19.9 Å². The molecule has 4 heterocycles. The summed E-state index contributed by atoms with van der Waals surface area (Å²) in [6.07, 6.45) is -0.677. The van der Waals surface area contributed by atoms with Crippen molar-refractivity contribution >= 4 is 17.7 Å². The third-order valence-corrected chi connectivity index (χ3v) is 12.8. The summed E-state index contributed by atoms with van der Waals surface area (Å²) in [4.78, 5) is 40.7. The van der Waals surface area contributed by atoms with Crippen molar-refractivity contribution in [3.63, 3.8) is 0 Å². The highest BCUT2D eigenvalue weighted by atomic mass is 16.8. The summed E-state index contributed by atoms with van der Waals surface area (Å²) < 4.78 is 23.6. The molecule has 0 aromatic carbocycles. The zero-order valence-corrected chi connectivity index (χ0v) is 23.8. The number of ether oxygens (including phenoxy) is 4. The van der Waals surface area contributed by atoms with Gasteiger partial charge in [0.1, 0.15) is 5.78 Å². The molecule has 13 atom stereocenters. The maximum Gasteiger partial charge on any atom is 0.342 e. The van der Waals surface area contributed by atoms with Gasteiger partial charge in [0.05, 0.1) is 36.6 Å². The Bertz CT molecular complexity index is 1330. The van der Waals surface area contributed by atoms with Crippen LogP contribution < -0.4 is 0 Å². The van der Waals surface area contributed by atoms with Crippen LogP contribution in [0.15, 0.2) is 11.6 Å². The van der Waals surface area contributed by atoms with E-state index in [1.807, 2.05) is 0 Å². The molecule has 1 spiro atoms. The highest BCUT2D eigenvalue weighted by Crippen LogP contribution is 2.79. The standard InChI is InChI=1S/C29H38O12/c1-22-12-17(32)24(3)27-19(22)29(37,40-25(22,4)20(33)38-5)28(36,41-27)18-14(9-10-26(27,35)21(34)39-24)23(2)13(11-15(18)30)7-6-8-16(23)31/h11,14-15,17-19,30,32,35-37H,6-10,12H2,1-5H3/t14-,15+,17+,18-,19-,22-,23-,24-,25+,26+,27-,28+,29-/m0/s1. The Morgan fingerprint density at radius 3 is 2.37 bits per heavy atom. The van der Waals surface area contributed by atoms with E-state index in [4.69, 9.17) is 18.9 Å². The van der Waals surface area contributed by atoms with E-state index in [2.05, 4.69) is 0 Å². The summed E-state index contributed by atoms with van der Waals surface area (Å²) in [5.41, 5.74) is -11.0. The van der Waals surface area contributed by atoms with Crippen LogP contribution >= 0.6 is 0 Å². The van der Waals surface area contributed by atoms with Gasteiger partial charge in [0, 0.05) is 11.8 Å². The van der Waals surface area contributed by atoms with Crippen molar-refractivity contribution in [3.05, 3.63) is 11.6 Å². The van der Waals surface area contributed by atoms with Crippen LogP contribution in [0.4, 0.5) is 0 Å². The highest BCUT2D eigenvalue weighted by Gasteiger charge is 2.98. The minimum absolute atomic E-state index is 0.0275. The van der Waals surface area contributed by atoms with E-state index in [-0.39, 0.29) is 31.5 Å². The average molecular weight is 579 g/mol. The molecule has 0 radical (unpaired) electrons. The number of fused-ring (bicyclic) bond motifs is 6. The first kappa shape index (κ1) is 27.9. The fourth-order valence-electron chi connectivity index (χ4n) is 10.6. The molecule has 0 aromatic heterocycles. The van der Waals surface area contributed by atoms with E-state index in [1.54, 1.807) is 13.8 Å². The fourth-order valence-corrected chi connectivity index (χ4v) is 10.6. The number of carbonyl (C=O) groups excluding carboxylic acids is 3. The monoisotopic (exact) mass is 578 g/mol. The molecule has 12 heteroatoms. The van der Waals surface area contributed by atoms with Crippen molar-refractivity contribution in [3.8, 4) is 0 Å². The number of aliphatic hydroxyl groups excluding tert-OH is 2. The van der Waals surface area contributed by atoms with E-state index in [0.717, 1.165) is 7.11 Å². The van der Waals surface area contributed by atoms with E-state index < -0.39 is 86.7 Å². The van der Waals surface area contributed by atoms with Crippen LogP contribution in [0.2, 0.25) is 0 Å². The van der Waals surface area contributed by atoms with Crippen LogP contribution in [0, 0.1) is 28.6 Å². The van der Waals surface area contributed by atoms with Gasteiger partial charge < -0.3 is 44.5 Å². The lowest BCUT2D eigenvalue weighted by molar-refractivity contribution is -0.411. The lowest BCUT2D eigenvalue weighted by Crippen LogP contribution is -2.77. The van der Waals surface area contributed by atoms with Crippen LogP contribution in [0.1, 0.15) is 66.2 Å².